The maximum atomic E-state index is 11.4. The first-order valence-corrected chi connectivity index (χ1v) is 5.89. The summed E-state index contributed by atoms with van der Waals surface area (Å²) in [5.74, 6) is 0.731. The van der Waals surface area contributed by atoms with E-state index in [-0.39, 0.29) is 18.1 Å². The van der Waals surface area contributed by atoms with Gasteiger partial charge < -0.3 is 10.4 Å². The van der Waals surface area contributed by atoms with E-state index < -0.39 is 0 Å². The third kappa shape index (κ3) is 9.73. The fourth-order valence-corrected chi connectivity index (χ4v) is 1.34. The molecule has 15 heavy (non-hydrogen) atoms. The van der Waals surface area contributed by atoms with Crippen LogP contribution in [0.3, 0.4) is 0 Å². The minimum Gasteiger partial charge on any atom is -0.393 e. The summed E-state index contributed by atoms with van der Waals surface area (Å²) >= 11 is 0. The van der Waals surface area contributed by atoms with Crippen molar-refractivity contribution in [2.24, 2.45) is 5.92 Å². The van der Waals surface area contributed by atoms with Crippen LogP contribution in [0.5, 0.6) is 0 Å². The average Bonchev–Trinajstić information content (AvgIpc) is 2.11. The molecule has 0 fully saturated rings. The first-order valence-electron chi connectivity index (χ1n) is 5.89. The van der Waals surface area contributed by atoms with Crippen LogP contribution < -0.4 is 5.32 Å². The van der Waals surface area contributed by atoms with E-state index in [1.807, 2.05) is 6.92 Å². The lowest BCUT2D eigenvalue weighted by Crippen LogP contribution is -2.33. The molecule has 0 aromatic carbocycles. The molecule has 2 atom stereocenters. The highest BCUT2D eigenvalue weighted by molar-refractivity contribution is 5.76. The van der Waals surface area contributed by atoms with Gasteiger partial charge in [-0.3, -0.25) is 4.79 Å². The molecule has 3 nitrogen and oxygen atoms in total. The van der Waals surface area contributed by atoms with E-state index in [2.05, 4.69) is 19.2 Å². The monoisotopic (exact) mass is 215 g/mol. The normalized spacial score (nSPS) is 15.1. The summed E-state index contributed by atoms with van der Waals surface area (Å²) in [7, 11) is 0. The van der Waals surface area contributed by atoms with Crippen LogP contribution in [0, 0.1) is 5.92 Å². The number of nitrogens with one attached hydrogen (secondary N) is 1. The van der Waals surface area contributed by atoms with Gasteiger partial charge in [0.05, 0.1) is 6.10 Å². The second kappa shape index (κ2) is 7.69. The summed E-state index contributed by atoms with van der Waals surface area (Å²) in [6.07, 6.45) is 2.74. The number of aliphatic hydroxyl groups excluding tert-OH is 1. The Balaban J connectivity index is 3.57. The van der Waals surface area contributed by atoms with Crippen LogP contribution in [-0.2, 0) is 4.79 Å². The number of hydrogen-bond donors (Lipinski definition) is 2. The minimum absolute atomic E-state index is 0.0483. The second-order valence-electron chi connectivity index (χ2n) is 4.83. The molecule has 2 unspecified atom stereocenters. The smallest absolute Gasteiger partial charge is 0.220 e. The van der Waals surface area contributed by atoms with Gasteiger partial charge in [-0.25, -0.2) is 0 Å². The Labute approximate surface area is 93.3 Å². The van der Waals surface area contributed by atoms with E-state index in [0.29, 0.717) is 18.8 Å². The van der Waals surface area contributed by atoms with Crippen LogP contribution >= 0.6 is 0 Å². The van der Waals surface area contributed by atoms with Crippen LogP contribution in [-0.4, -0.2) is 23.2 Å². The molecule has 0 radical (unpaired) electrons. The number of aliphatic hydroxyl groups is 1. The number of carbonyl (C=O) groups is 1. The molecule has 0 heterocycles. The standard InChI is InChI=1S/C12H25NO2/c1-9(2)5-6-10(3)13-12(15)8-7-11(4)14/h9-11,14H,5-8H2,1-4H3,(H,13,15). The summed E-state index contributed by atoms with van der Waals surface area (Å²) in [6.45, 7) is 8.10. The fraction of sp³-hybridized carbons (Fsp3) is 0.917. The second-order valence-corrected chi connectivity index (χ2v) is 4.83. The lowest BCUT2D eigenvalue weighted by Gasteiger charge is -2.15. The van der Waals surface area contributed by atoms with Crippen LogP contribution in [0.2, 0.25) is 0 Å². The molecule has 0 bridgehead atoms. The topological polar surface area (TPSA) is 49.3 Å². The maximum Gasteiger partial charge on any atom is 0.220 e. The third-order valence-corrected chi connectivity index (χ3v) is 2.37. The first kappa shape index (κ1) is 14.4. The van der Waals surface area contributed by atoms with E-state index in [1.54, 1.807) is 6.92 Å². The van der Waals surface area contributed by atoms with Gasteiger partial charge in [0.15, 0.2) is 0 Å². The van der Waals surface area contributed by atoms with Crippen LogP contribution in [0.25, 0.3) is 0 Å². The van der Waals surface area contributed by atoms with Gasteiger partial charge in [0.1, 0.15) is 0 Å². The van der Waals surface area contributed by atoms with Crippen molar-refractivity contribution in [3.63, 3.8) is 0 Å². The molecule has 0 saturated heterocycles. The molecule has 1 amide bonds. The van der Waals surface area contributed by atoms with Gasteiger partial charge in [0, 0.05) is 12.5 Å². The molecule has 0 aliphatic heterocycles. The molecular formula is C12H25NO2. The predicted molar refractivity (Wildman–Crippen MR) is 62.6 cm³/mol. The third-order valence-electron chi connectivity index (χ3n) is 2.37. The lowest BCUT2D eigenvalue weighted by atomic mass is 10.0. The van der Waals surface area contributed by atoms with Gasteiger partial charge in [-0.05, 0) is 39.0 Å². The van der Waals surface area contributed by atoms with Gasteiger partial charge >= 0.3 is 0 Å². The van der Waals surface area contributed by atoms with Gasteiger partial charge in [0.2, 0.25) is 5.91 Å². The molecule has 2 N–H and O–H groups in total. The molecule has 0 rings (SSSR count). The number of carbonyl (C=O) groups excluding carboxylic acids is 1. The Morgan fingerprint density at radius 3 is 2.20 bits per heavy atom. The highest BCUT2D eigenvalue weighted by Crippen LogP contribution is 2.06. The molecule has 0 saturated carbocycles. The van der Waals surface area contributed by atoms with Crippen LogP contribution in [0.15, 0.2) is 0 Å². The van der Waals surface area contributed by atoms with Gasteiger partial charge in [-0.1, -0.05) is 13.8 Å². The number of amides is 1. The molecule has 3 heteroatoms. The summed E-state index contributed by atoms with van der Waals surface area (Å²) in [6, 6.07) is 0.244. The number of hydrogen-bond acceptors (Lipinski definition) is 2. The summed E-state index contributed by atoms with van der Waals surface area (Å²) in [5.41, 5.74) is 0. The SMILES string of the molecule is CC(C)CCC(C)NC(=O)CCC(C)O. The van der Waals surface area contributed by atoms with Crippen molar-refractivity contribution in [2.75, 3.05) is 0 Å². The zero-order valence-electron chi connectivity index (χ0n) is 10.4. The van der Waals surface area contributed by atoms with Crippen LogP contribution in [0.4, 0.5) is 0 Å². The average molecular weight is 215 g/mol. The Bertz CT molecular complexity index is 178. The summed E-state index contributed by atoms with van der Waals surface area (Å²) < 4.78 is 0. The van der Waals surface area contributed by atoms with Crippen molar-refractivity contribution in [1.82, 2.24) is 5.32 Å². The molecular weight excluding hydrogens is 190 g/mol. The van der Waals surface area contributed by atoms with Gasteiger partial charge in [-0.2, -0.15) is 0 Å². The quantitative estimate of drug-likeness (QED) is 0.683. The summed E-state index contributed by atoms with van der Waals surface area (Å²) in [5, 5.41) is 12.0. The lowest BCUT2D eigenvalue weighted by molar-refractivity contribution is -0.122. The zero-order valence-corrected chi connectivity index (χ0v) is 10.4. The van der Waals surface area contributed by atoms with Gasteiger partial charge in [-0.15, -0.1) is 0 Å². The largest absolute Gasteiger partial charge is 0.393 e. The highest BCUT2D eigenvalue weighted by atomic mass is 16.3. The van der Waals surface area contributed by atoms with Crippen molar-refractivity contribution in [3.8, 4) is 0 Å². The van der Waals surface area contributed by atoms with Crippen molar-refractivity contribution in [2.45, 2.75) is 65.5 Å². The highest BCUT2D eigenvalue weighted by Gasteiger charge is 2.08. The van der Waals surface area contributed by atoms with Crippen molar-refractivity contribution in [3.05, 3.63) is 0 Å². The Morgan fingerprint density at radius 1 is 1.13 bits per heavy atom. The van der Waals surface area contributed by atoms with E-state index in [1.165, 1.54) is 0 Å². The molecule has 90 valence electrons. The van der Waals surface area contributed by atoms with Gasteiger partial charge in [0.25, 0.3) is 0 Å². The molecule has 0 aliphatic carbocycles. The first-order chi connectivity index (χ1) is 6.91. The molecule has 0 spiro atoms. The molecule has 0 aromatic rings. The molecule has 0 aromatic heterocycles. The minimum atomic E-state index is -0.387. The fourth-order valence-electron chi connectivity index (χ4n) is 1.34. The number of rotatable bonds is 7. The van der Waals surface area contributed by atoms with Crippen molar-refractivity contribution in [1.29, 1.82) is 0 Å². The summed E-state index contributed by atoms with van der Waals surface area (Å²) in [4.78, 5) is 11.4. The van der Waals surface area contributed by atoms with Crippen molar-refractivity contribution < 1.29 is 9.90 Å². The predicted octanol–water partition coefficient (Wildman–Crippen LogP) is 2.09. The Hall–Kier alpha value is -0.570. The van der Waals surface area contributed by atoms with Crippen molar-refractivity contribution >= 4 is 5.91 Å². The van der Waals surface area contributed by atoms with Crippen LogP contribution in [0.1, 0.15) is 53.4 Å². The van der Waals surface area contributed by atoms with E-state index in [9.17, 15) is 4.79 Å². The molecule has 0 aliphatic rings. The van der Waals surface area contributed by atoms with E-state index >= 15 is 0 Å². The maximum absolute atomic E-state index is 11.4. The zero-order chi connectivity index (χ0) is 11.8. The Morgan fingerprint density at radius 2 is 1.73 bits per heavy atom. The van der Waals surface area contributed by atoms with E-state index in [0.717, 1.165) is 12.8 Å². The Kier molecular flexibility index (Phi) is 7.39. The van der Waals surface area contributed by atoms with E-state index in [4.69, 9.17) is 5.11 Å².